The standard InChI is InChI=1S/BH5Si.Fe.Mg.2H/c1-2;;;;/h1H2,2H3;;;;. The second-order valence-corrected chi connectivity index (χ2v) is 0. The van der Waals surface area contributed by atoms with Crippen LogP contribution in [0.2, 0.25) is 0 Å². The van der Waals surface area contributed by atoms with Crippen LogP contribution in [0.25, 0.3) is 0 Å². The zero-order chi connectivity index (χ0) is 2.00. The molecule has 0 nitrogen and oxygen atoms in total. The fourth-order valence-corrected chi connectivity index (χ4v) is 0. The van der Waals surface area contributed by atoms with E-state index in [2.05, 4.69) is 7.44 Å². The van der Waals surface area contributed by atoms with E-state index in [9.17, 15) is 0 Å². The Balaban J connectivity index is -0.00000000500. The SMILES string of the molecule is B[SiH3].[Fe].[MgH2]. The molecule has 24 valence electrons. The van der Waals surface area contributed by atoms with Gasteiger partial charge in [0.2, 0.25) is 0 Å². The molecule has 0 heterocycles. The summed E-state index contributed by atoms with van der Waals surface area (Å²) in [5, 5.41) is 0. The van der Waals surface area contributed by atoms with Crippen LogP contribution in [0.3, 0.4) is 0 Å². The van der Waals surface area contributed by atoms with E-state index in [0.29, 0.717) is 0 Å². The number of rotatable bonds is 0. The molecule has 4 heteroatoms. The van der Waals surface area contributed by atoms with E-state index in [1.807, 2.05) is 0 Å². The Morgan fingerprint density at radius 2 is 1.25 bits per heavy atom. The van der Waals surface area contributed by atoms with Gasteiger partial charge in [0, 0.05) is 17.1 Å². The van der Waals surface area contributed by atoms with Crippen LogP contribution >= 0.6 is 0 Å². The van der Waals surface area contributed by atoms with Crippen molar-refractivity contribution in [1.29, 1.82) is 0 Å². The average Bonchev–Trinajstić information content (AvgIpc) is 1.00. The van der Waals surface area contributed by atoms with Gasteiger partial charge in [0.1, 0.15) is 0 Å². The minimum Gasteiger partial charge on any atom is -0.0304 e. The van der Waals surface area contributed by atoms with Crippen molar-refractivity contribution in [1.82, 2.24) is 0 Å². The average molecular weight is 126 g/mol. The Hall–Kier alpha value is 1.57. The largest absolute Gasteiger partial charge is 0.316 e. The molecule has 0 unspecified atom stereocenters. The summed E-state index contributed by atoms with van der Waals surface area (Å²) >= 11 is 0. The normalized spacial score (nSPS) is 2.00. The monoisotopic (exact) mass is 126 g/mol. The molecule has 0 aliphatic heterocycles. The van der Waals surface area contributed by atoms with Gasteiger partial charge in [-0.25, -0.2) is 0 Å². The molecule has 0 spiro atoms. The first-order chi connectivity index (χ1) is 1.00. The summed E-state index contributed by atoms with van der Waals surface area (Å²) in [5.41, 5.74) is 0. The molecule has 0 aliphatic rings. The predicted molar refractivity (Wildman–Crippen MR) is 27.0 cm³/mol. The van der Waals surface area contributed by atoms with E-state index in [1.54, 1.807) is 0 Å². The van der Waals surface area contributed by atoms with Gasteiger partial charge >= 0.3 is 23.1 Å². The molecule has 0 rings (SSSR count). The van der Waals surface area contributed by atoms with Crippen molar-refractivity contribution in [3.8, 4) is 0 Å². The quantitative estimate of drug-likeness (QED) is 0.303. The fourth-order valence-electron chi connectivity index (χ4n) is 0. The summed E-state index contributed by atoms with van der Waals surface area (Å²) in [6, 6.07) is 0. The molecular weight excluding hydrogens is 119 g/mol. The smallest absolute Gasteiger partial charge is 0.0304 e. The fraction of sp³-hybridized carbons (Fsp3) is 0. The first-order valence-electron chi connectivity index (χ1n) is 1.00. The number of hydrogen-bond donors (Lipinski definition) is 0. The maximum atomic E-state index is 2.14. The summed E-state index contributed by atoms with van der Waals surface area (Å²) in [6.07, 6.45) is 0. The Morgan fingerprint density at radius 3 is 1.25 bits per heavy atom. The second-order valence-electron chi connectivity index (χ2n) is 0. The van der Waals surface area contributed by atoms with E-state index in [-0.39, 0.29) is 40.1 Å². The summed E-state index contributed by atoms with van der Waals surface area (Å²) < 4.78 is 0. The molecule has 0 aromatic carbocycles. The zero-order valence-electron chi connectivity index (χ0n) is 2.35. The molecule has 4 heavy (non-hydrogen) atoms. The molecule has 0 saturated carbocycles. The van der Waals surface area contributed by atoms with E-state index >= 15 is 0 Å². The van der Waals surface area contributed by atoms with Crippen molar-refractivity contribution < 1.29 is 17.1 Å². The first kappa shape index (κ1) is 17.6. The van der Waals surface area contributed by atoms with Gasteiger partial charge in [-0.05, 0) is 10.1 Å². The second kappa shape index (κ2) is 23.7. The van der Waals surface area contributed by atoms with Gasteiger partial charge in [0.05, 0.1) is 7.44 Å². The molecule has 0 N–H and O–H groups in total. The zero-order valence-corrected chi connectivity index (χ0v) is 5.46. The van der Waals surface area contributed by atoms with Crippen LogP contribution in [0, 0.1) is 0 Å². The van der Waals surface area contributed by atoms with E-state index in [1.165, 1.54) is 10.1 Å². The molecular formula is H7BFeMgSi. The van der Waals surface area contributed by atoms with Crippen molar-refractivity contribution in [2.75, 3.05) is 0 Å². The molecule has 0 aliphatic carbocycles. The van der Waals surface area contributed by atoms with Crippen molar-refractivity contribution in [3.63, 3.8) is 0 Å². The third-order valence-electron chi connectivity index (χ3n) is 0. The Bertz CT molecular complexity index is 8.00. The van der Waals surface area contributed by atoms with Crippen LogP contribution in [0.15, 0.2) is 0 Å². The van der Waals surface area contributed by atoms with Crippen LogP contribution in [0.4, 0.5) is 0 Å². The maximum absolute atomic E-state index is 2.14. The molecule has 0 radical (unpaired) electrons. The van der Waals surface area contributed by atoms with Gasteiger partial charge in [0.15, 0.2) is 0 Å². The van der Waals surface area contributed by atoms with Crippen molar-refractivity contribution in [2.24, 2.45) is 0 Å². The molecule has 0 aromatic rings. The number of hydrogen-bond acceptors (Lipinski definition) is 0. The summed E-state index contributed by atoms with van der Waals surface area (Å²) in [6.45, 7) is 0. The molecule has 0 atom stereocenters. The van der Waals surface area contributed by atoms with Crippen LogP contribution in [0.5, 0.6) is 0 Å². The predicted octanol–water partition coefficient (Wildman–Crippen LogP) is -3.02. The Kier molecular flexibility index (Phi) is 104. The maximum Gasteiger partial charge on any atom is 0.316 e. The summed E-state index contributed by atoms with van der Waals surface area (Å²) in [5.74, 6) is 0. The van der Waals surface area contributed by atoms with Crippen molar-refractivity contribution in [2.45, 2.75) is 0 Å². The van der Waals surface area contributed by atoms with Crippen molar-refractivity contribution in [3.05, 3.63) is 0 Å². The molecule has 0 bridgehead atoms. The van der Waals surface area contributed by atoms with Gasteiger partial charge in [-0.3, -0.25) is 0 Å². The van der Waals surface area contributed by atoms with E-state index in [4.69, 9.17) is 0 Å². The molecule has 0 saturated heterocycles. The molecule has 0 fully saturated rings. The summed E-state index contributed by atoms with van der Waals surface area (Å²) in [4.78, 5) is 0. The van der Waals surface area contributed by atoms with E-state index in [0.717, 1.165) is 0 Å². The minimum atomic E-state index is 0. The van der Waals surface area contributed by atoms with E-state index < -0.39 is 0 Å². The molecule has 0 amide bonds. The Labute approximate surface area is 57.5 Å². The van der Waals surface area contributed by atoms with Gasteiger partial charge < -0.3 is 0 Å². The van der Waals surface area contributed by atoms with Gasteiger partial charge in [-0.2, -0.15) is 0 Å². The topological polar surface area (TPSA) is 0 Å². The van der Waals surface area contributed by atoms with Crippen LogP contribution in [0.1, 0.15) is 0 Å². The van der Waals surface area contributed by atoms with Crippen LogP contribution < -0.4 is 0 Å². The van der Waals surface area contributed by atoms with Gasteiger partial charge in [-0.15, -0.1) is 0 Å². The van der Waals surface area contributed by atoms with Gasteiger partial charge in [-0.1, -0.05) is 0 Å². The third-order valence-corrected chi connectivity index (χ3v) is 0. The van der Waals surface area contributed by atoms with Gasteiger partial charge in [0.25, 0.3) is 0 Å². The third kappa shape index (κ3) is 9.57. The Morgan fingerprint density at radius 1 is 1.25 bits per heavy atom. The molecule has 0 aromatic heterocycles. The summed E-state index contributed by atoms with van der Waals surface area (Å²) in [7, 11) is 3.44. The van der Waals surface area contributed by atoms with Crippen LogP contribution in [-0.4, -0.2) is 40.6 Å². The first-order valence-corrected chi connectivity index (χ1v) is 3.00. The minimum absolute atomic E-state index is 0. The van der Waals surface area contributed by atoms with Crippen molar-refractivity contribution >= 4 is 40.6 Å². The van der Waals surface area contributed by atoms with Crippen LogP contribution in [-0.2, 0) is 17.1 Å².